The smallest absolute Gasteiger partial charge is 0.331 e. The molecule has 0 amide bonds. The molecule has 8 heteroatoms. The van der Waals surface area contributed by atoms with Gasteiger partial charge >= 0.3 is 5.97 Å². The number of fused-ring (bicyclic) bond motifs is 5. The molecule has 36 heavy (non-hydrogen) atoms. The summed E-state index contributed by atoms with van der Waals surface area (Å²) < 4.78 is 42.6. The van der Waals surface area contributed by atoms with Gasteiger partial charge in [0.05, 0.1) is 12.7 Å². The van der Waals surface area contributed by atoms with E-state index in [1.807, 2.05) is 13.0 Å². The minimum Gasteiger partial charge on any atom is -0.726 e. The largest absolute Gasteiger partial charge is 0.726 e. The third-order valence-corrected chi connectivity index (χ3v) is 11.0. The summed E-state index contributed by atoms with van der Waals surface area (Å²) in [6, 6.07) is 0. The highest BCUT2D eigenvalue weighted by Gasteiger charge is 2.58. The summed E-state index contributed by atoms with van der Waals surface area (Å²) in [6.07, 6.45) is 9.48. The van der Waals surface area contributed by atoms with Gasteiger partial charge in [0, 0.05) is 23.8 Å². The fourth-order valence-corrected chi connectivity index (χ4v) is 8.58. The van der Waals surface area contributed by atoms with Gasteiger partial charge in [-0.25, -0.2) is 13.2 Å². The van der Waals surface area contributed by atoms with Crippen molar-refractivity contribution in [2.45, 2.75) is 97.7 Å². The molecular formula is C28H43O7S-. The number of aliphatic hydroxyl groups is 1. The van der Waals surface area contributed by atoms with E-state index in [0.29, 0.717) is 30.1 Å². The minimum atomic E-state index is -4.69. The van der Waals surface area contributed by atoms with Crippen LogP contribution in [0.15, 0.2) is 23.8 Å². The zero-order valence-corrected chi connectivity index (χ0v) is 23.0. The standard InChI is InChI=1S/C28H44O7S/c1-17(19(3)16-34-36(31,32)33)6-7-18(2)22-8-9-23-21-15-26(30)35-25-14-20(29)10-12-28(25,5)24(21)11-13-27(22,23)4/h15,18-20,22-25,29H,1,6-14,16H2,2-5H3,(H,31,32,33)/p-1/t18-,19?,20-,22-,23+,24+,25+,27-,28-/m1/s1. The first-order valence-electron chi connectivity index (χ1n) is 13.6. The number of hydrogen-bond acceptors (Lipinski definition) is 7. The van der Waals surface area contributed by atoms with Crippen LogP contribution in [0.4, 0.5) is 0 Å². The maximum absolute atomic E-state index is 12.8. The molecule has 9 atom stereocenters. The number of aliphatic hydroxyl groups excluding tert-OH is 1. The number of rotatable bonds is 8. The molecule has 0 radical (unpaired) electrons. The van der Waals surface area contributed by atoms with Crippen molar-refractivity contribution in [3.05, 3.63) is 23.8 Å². The van der Waals surface area contributed by atoms with Crippen molar-refractivity contribution in [2.24, 2.45) is 40.4 Å². The molecule has 3 aliphatic carbocycles. The Kier molecular flexibility index (Phi) is 7.84. The second kappa shape index (κ2) is 10.2. The lowest BCUT2D eigenvalue weighted by Gasteiger charge is -2.53. The minimum absolute atomic E-state index is 0.115. The Morgan fingerprint density at radius 3 is 2.56 bits per heavy atom. The molecule has 0 spiro atoms. The molecule has 3 saturated carbocycles. The highest BCUT2D eigenvalue weighted by atomic mass is 32.3. The second-order valence-corrected chi connectivity index (χ2v) is 13.7. The van der Waals surface area contributed by atoms with Crippen LogP contribution in [0.3, 0.4) is 0 Å². The molecule has 4 aliphatic rings. The Labute approximate surface area is 216 Å². The average Bonchev–Trinajstić information content (AvgIpc) is 3.10. The van der Waals surface area contributed by atoms with E-state index in [-0.39, 0.29) is 35.4 Å². The fourth-order valence-electron chi connectivity index (χ4n) is 8.21. The summed E-state index contributed by atoms with van der Waals surface area (Å²) in [5.41, 5.74) is 2.20. The number of allylic oxidation sites excluding steroid dienone is 1. The van der Waals surface area contributed by atoms with E-state index in [1.165, 1.54) is 5.57 Å². The third-order valence-electron chi connectivity index (χ3n) is 10.5. The number of hydrogen-bond donors (Lipinski definition) is 1. The van der Waals surface area contributed by atoms with E-state index in [4.69, 9.17) is 4.74 Å². The van der Waals surface area contributed by atoms with Gasteiger partial charge in [-0.1, -0.05) is 45.4 Å². The first kappa shape index (κ1) is 27.8. The van der Waals surface area contributed by atoms with Gasteiger partial charge in [-0.3, -0.25) is 4.18 Å². The highest BCUT2D eigenvalue weighted by Crippen LogP contribution is 2.65. The first-order valence-corrected chi connectivity index (χ1v) is 15.0. The Balaban J connectivity index is 1.44. The first-order chi connectivity index (χ1) is 16.7. The number of carbonyl (C=O) groups is 1. The van der Waals surface area contributed by atoms with Gasteiger partial charge < -0.3 is 14.4 Å². The van der Waals surface area contributed by atoms with E-state index in [1.54, 1.807) is 0 Å². The summed E-state index contributed by atoms with van der Waals surface area (Å²) in [5, 5.41) is 10.3. The fraction of sp³-hybridized carbons (Fsp3) is 0.821. The molecule has 204 valence electrons. The molecule has 0 aromatic heterocycles. The van der Waals surface area contributed by atoms with Gasteiger partial charge in [0.25, 0.3) is 0 Å². The molecule has 7 nitrogen and oxygen atoms in total. The summed E-state index contributed by atoms with van der Waals surface area (Å²) in [4.78, 5) is 12.8. The van der Waals surface area contributed by atoms with Crippen molar-refractivity contribution in [1.29, 1.82) is 0 Å². The van der Waals surface area contributed by atoms with Crippen LogP contribution in [0.25, 0.3) is 0 Å². The average molecular weight is 524 g/mol. The van der Waals surface area contributed by atoms with Crippen molar-refractivity contribution in [3.8, 4) is 0 Å². The monoisotopic (exact) mass is 523 g/mol. The van der Waals surface area contributed by atoms with Crippen LogP contribution >= 0.6 is 0 Å². The van der Waals surface area contributed by atoms with E-state index < -0.39 is 16.5 Å². The normalized spacial score (nSPS) is 40.1. The molecular weight excluding hydrogens is 480 g/mol. The van der Waals surface area contributed by atoms with Crippen molar-refractivity contribution in [2.75, 3.05) is 6.61 Å². The zero-order valence-electron chi connectivity index (χ0n) is 22.2. The maximum Gasteiger partial charge on any atom is 0.331 e. The molecule has 0 bridgehead atoms. The van der Waals surface area contributed by atoms with Gasteiger partial charge in [-0.05, 0) is 80.5 Å². The molecule has 4 rings (SSSR count). The van der Waals surface area contributed by atoms with Crippen LogP contribution in [0, 0.1) is 40.4 Å². The SMILES string of the molecule is C=C(CC[C@@H](C)[C@H]1CC[C@H]2C3=CC(=O)O[C@H]4C[C@H](O)CC[C@]4(C)[C@H]3CC[C@]12C)C(C)COS(=O)(=O)[O-]. The molecule has 1 unspecified atom stereocenters. The molecule has 0 aromatic carbocycles. The van der Waals surface area contributed by atoms with Crippen LogP contribution in [-0.2, 0) is 24.1 Å². The molecule has 0 saturated heterocycles. The van der Waals surface area contributed by atoms with Gasteiger partial charge in [-0.15, -0.1) is 0 Å². The lowest BCUT2D eigenvalue weighted by atomic mass is 9.52. The van der Waals surface area contributed by atoms with Crippen molar-refractivity contribution in [1.82, 2.24) is 0 Å². The zero-order chi connectivity index (χ0) is 26.5. The van der Waals surface area contributed by atoms with Gasteiger partial charge in [0.1, 0.15) is 6.10 Å². The lowest BCUT2D eigenvalue weighted by molar-refractivity contribution is -0.159. The van der Waals surface area contributed by atoms with Crippen LogP contribution < -0.4 is 0 Å². The predicted octanol–water partition coefficient (Wildman–Crippen LogP) is 4.92. The van der Waals surface area contributed by atoms with Crippen molar-refractivity contribution >= 4 is 16.4 Å². The predicted molar refractivity (Wildman–Crippen MR) is 135 cm³/mol. The van der Waals surface area contributed by atoms with E-state index >= 15 is 0 Å². The molecule has 3 fully saturated rings. The Morgan fingerprint density at radius 2 is 1.86 bits per heavy atom. The van der Waals surface area contributed by atoms with Gasteiger partial charge in [-0.2, -0.15) is 0 Å². The molecule has 1 N–H and O–H groups in total. The van der Waals surface area contributed by atoms with Crippen LogP contribution in [0.2, 0.25) is 0 Å². The molecule has 0 aromatic rings. The summed E-state index contributed by atoms with van der Waals surface area (Å²) in [7, 11) is -4.69. The van der Waals surface area contributed by atoms with E-state index in [9.17, 15) is 22.9 Å². The number of carbonyl (C=O) groups excluding carboxylic acids is 1. The van der Waals surface area contributed by atoms with Crippen molar-refractivity contribution < 1.29 is 31.8 Å². The molecule has 1 aliphatic heterocycles. The third kappa shape index (κ3) is 5.33. The second-order valence-electron chi connectivity index (χ2n) is 12.6. The van der Waals surface area contributed by atoms with Gasteiger partial charge in [0.15, 0.2) is 0 Å². The van der Waals surface area contributed by atoms with Crippen LogP contribution in [0.1, 0.15) is 85.5 Å². The summed E-state index contributed by atoms with van der Waals surface area (Å²) in [5.74, 6) is 1.24. The topological polar surface area (TPSA) is 113 Å². The van der Waals surface area contributed by atoms with Crippen molar-refractivity contribution in [3.63, 3.8) is 0 Å². The summed E-state index contributed by atoms with van der Waals surface area (Å²) in [6.45, 7) is 12.8. The lowest BCUT2D eigenvalue weighted by Crippen LogP contribution is -2.50. The highest BCUT2D eigenvalue weighted by molar-refractivity contribution is 7.80. The Hall–Kier alpha value is -1.22. The quantitative estimate of drug-likeness (QED) is 0.208. The van der Waals surface area contributed by atoms with E-state index in [2.05, 4.69) is 31.5 Å². The number of esters is 1. The maximum atomic E-state index is 12.8. The Morgan fingerprint density at radius 1 is 1.19 bits per heavy atom. The number of ether oxygens (including phenoxy) is 1. The van der Waals surface area contributed by atoms with Gasteiger partial charge in [0.2, 0.25) is 10.4 Å². The van der Waals surface area contributed by atoms with Crippen LogP contribution in [0.5, 0.6) is 0 Å². The summed E-state index contributed by atoms with van der Waals surface area (Å²) >= 11 is 0. The Bertz CT molecular complexity index is 1000. The van der Waals surface area contributed by atoms with Crippen LogP contribution in [-0.4, -0.2) is 42.9 Å². The molecule has 1 heterocycles. The van der Waals surface area contributed by atoms with E-state index in [0.717, 1.165) is 56.9 Å².